The van der Waals surface area contributed by atoms with Crippen molar-refractivity contribution in [1.82, 2.24) is 4.90 Å². The number of nitrogens with one attached hydrogen (secondary N) is 1. The molecule has 4 nitrogen and oxygen atoms in total. The van der Waals surface area contributed by atoms with Crippen LogP contribution in [0.25, 0.3) is 0 Å². The third-order valence-corrected chi connectivity index (χ3v) is 2.73. The molecule has 0 aliphatic rings. The smallest absolute Gasteiger partial charge is 0.255 e. The standard InChI is InChI=1S/C15H15NO.C3H7NO/c1-11-8-12(2)10-13(9-11)15(17)16-14-6-4-3-5-7-14;1-4(2)3-5/h3-10H,1-2H3,(H,16,17);3H,1-2H3. The minimum Gasteiger partial charge on any atom is -0.351 e. The first-order valence-corrected chi connectivity index (χ1v) is 6.99. The molecule has 22 heavy (non-hydrogen) atoms. The number of hydrogen-bond acceptors (Lipinski definition) is 2. The number of carbonyl (C=O) groups is 2. The lowest BCUT2D eigenvalue weighted by Gasteiger charge is -2.06. The van der Waals surface area contributed by atoms with Gasteiger partial charge in [0, 0.05) is 25.3 Å². The van der Waals surface area contributed by atoms with E-state index >= 15 is 0 Å². The van der Waals surface area contributed by atoms with Crippen LogP contribution in [0.4, 0.5) is 5.69 Å². The Morgan fingerprint density at radius 2 is 1.50 bits per heavy atom. The van der Waals surface area contributed by atoms with E-state index in [0.717, 1.165) is 23.2 Å². The molecule has 0 aromatic heterocycles. The van der Waals surface area contributed by atoms with E-state index in [1.54, 1.807) is 14.1 Å². The van der Waals surface area contributed by atoms with Crippen LogP contribution in [-0.2, 0) is 4.79 Å². The highest BCUT2D eigenvalue weighted by Gasteiger charge is 2.06. The molecule has 116 valence electrons. The van der Waals surface area contributed by atoms with E-state index in [9.17, 15) is 9.59 Å². The van der Waals surface area contributed by atoms with Crippen LogP contribution in [0, 0.1) is 13.8 Å². The summed E-state index contributed by atoms with van der Waals surface area (Å²) in [4.78, 5) is 22.9. The van der Waals surface area contributed by atoms with E-state index in [0.29, 0.717) is 5.56 Å². The molecule has 0 fully saturated rings. The topological polar surface area (TPSA) is 49.4 Å². The van der Waals surface area contributed by atoms with E-state index in [4.69, 9.17) is 0 Å². The van der Waals surface area contributed by atoms with Gasteiger partial charge in [0.05, 0.1) is 0 Å². The van der Waals surface area contributed by atoms with Crippen molar-refractivity contribution < 1.29 is 9.59 Å². The van der Waals surface area contributed by atoms with Crippen LogP contribution in [-0.4, -0.2) is 31.3 Å². The molecule has 2 aromatic carbocycles. The fraction of sp³-hybridized carbons (Fsp3) is 0.222. The summed E-state index contributed by atoms with van der Waals surface area (Å²) in [6.45, 7) is 3.98. The maximum Gasteiger partial charge on any atom is 0.255 e. The highest BCUT2D eigenvalue weighted by Crippen LogP contribution is 2.12. The van der Waals surface area contributed by atoms with Gasteiger partial charge in [0.2, 0.25) is 6.41 Å². The number of para-hydroxylation sites is 1. The number of amides is 2. The van der Waals surface area contributed by atoms with Gasteiger partial charge in [0.1, 0.15) is 0 Å². The number of nitrogens with zero attached hydrogens (tertiary/aromatic N) is 1. The van der Waals surface area contributed by atoms with Crippen LogP contribution >= 0.6 is 0 Å². The minimum atomic E-state index is -0.0667. The maximum absolute atomic E-state index is 12.0. The first kappa shape index (κ1) is 17.4. The van der Waals surface area contributed by atoms with Crippen molar-refractivity contribution in [2.45, 2.75) is 13.8 Å². The number of aryl methyl sites for hydroxylation is 2. The van der Waals surface area contributed by atoms with E-state index in [-0.39, 0.29) is 5.91 Å². The highest BCUT2D eigenvalue weighted by molar-refractivity contribution is 6.04. The molecule has 0 aliphatic heterocycles. The van der Waals surface area contributed by atoms with Crippen LogP contribution in [0.5, 0.6) is 0 Å². The Bertz CT molecular complexity index is 602. The summed E-state index contributed by atoms with van der Waals surface area (Å²) in [6, 6.07) is 15.3. The van der Waals surface area contributed by atoms with Crippen molar-refractivity contribution in [2.24, 2.45) is 0 Å². The van der Waals surface area contributed by atoms with Crippen molar-refractivity contribution in [3.05, 3.63) is 65.2 Å². The van der Waals surface area contributed by atoms with E-state index in [1.807, 2.05) is 56.3 Å². The lowest BCUT2D eigenvalue weighted by molar-refractivity contribution is -0.115. The van der Waals surface area contributed by atoms with Crippen LogP contribution < -0.4 is 5.32 Å². The average Bonchev–Trinajstić information content (AvgIpc) is 2.48. The van der Waals surface area contributed by atoms with Crippen LogP contribution in [0.2, 0.25) is 0 Å². The lowest BCUT2D eigenvalue weighted by atomic mass is 10.1. The first-order valence-electron chi connectivity index (χ1n) is 6.99. The van der Waals surface area contributed by atoms with Gasteiger partial charge in [-0.2, -0.15) is 0 Å². The Kier molecular flexibility index (Phi) is 6.83. The molecule has 0 bridgehead atoms. The lowest BCUT2D eigenvalue weighted by Crippen LogP contribution is -2.12. The van der Waals surface area contributed by atoms with Crippen LogP contribution in [0.15, 0.2) is 48.5 Å². The van der Waals surface area contributed by atoms with Gasteiger partial charge in [-0.25, -0.2) is 0 Å². The monoisotopic (exact) mass is 298 g/mol. The second-order valence-corrected chi connectivity index (χ2v) is 5.27. The van der Waals surface area contributed by atoms with Gasteiger partial charge in [-0.1, -0.05) is 35.4 Å². The summed E-state index contributed by atoms with van der Waals surface area (Å²) in [5, 5.41) is 2.87. The van der Waals surface area contributed by atoms with Crippen molar-refractivity contribution in [1.29, 1.82) is 0 Å². The minimum absolute atomic E-state index is 0.0667. The molecule has 2 amide bonds. The number of benzene rings is 2. The number of carbonyl (C=O) groups excluding carboxylic acids is 2. The average molecular weight is 298 g/mol. The molecular formula is C18H22N2O2. The summed E-state index contributed by atoms with van der Waals surface area (Å²) >= 11 is 0. The number of hydrogen-bond donors (Lipinski definition) is 1. The summed E-state index contributed by atoms with van der Waals surface area (Å²) in [5.74, 6) is -0.0667. The maximum atomic E-state index is 12.0. The Balaban J connectivity index is 0.000000422. The van der Waals surface area contributed by atoms with Gasteiger partial charge in [-0.3, -0.25) is 9.59 Å². The van der Waals surface area contributed by atoms with Crippen molar-refractivity contribution in [2.75, 3.05) is 19.4 Å². The van der Waals surface area contributed by atoms with E-state index in [2.05, 4.69) is 11.4 Å². The van der Waals surface area contributed by atoms with Crippen molar-refractivity contribution in [3.63, 3.8) is 0 Å². The molecule has 0 heterocycles. The van der Waals surface area contributed by atoms with E-state index in [1.165, 1.54) is 4.90 Å². The largest absolute Gasteiger partial charge is 0.351 e. The predicted molar refractivity (Wildman–Crippen MR) is 90.1 cm³/mol. The Labute approximate surface area is 131 Å². The normalized spacial score (nSPS) is 9.27. The third kappa shape index (κ3) is 6.22. The Morgan fingerprint density at radius 1 is 1.00 bits per heavy atom. The van der Waals surface area contributed by atoms with Crippen molar-refractivity contribution >= 4 is 18.0 Å². The molecule has 0 saturated heterocycles. The van der Waals surface area contributed by atoms with Crippen molar-refractivity contribution in [3.8, 4) is 0 Å². The van der Waals surface area contributed by atoms with E-state index < -0.39 is 0 Å². The fourth-order valence-electron chi connectivity index (χ4n) is 1.83. The van der Waals surface area contributed by atoms with Crippen LogP contribution in [0.3, 0.4) is 0 Å². The molecular weight excluding hydrogens is 276 g/mol. The molecule has 0 atom stereocenters. The molecule has 1 N–H and O–H groups in total. The molecule has 2 rings (SSSR count). The van der Waals surface area contributed by atoms with Gasteiger partial charge in [0.15, 0.2) is 0 Å². The second kappa shape index (κ2) is 8.62. The summed E-state index contributed by atoms with van der Waals surface area (Å²) in [7, 11) is 3.38. The molecule has 0 radical (unpaired) electrons. The summed E-state index contributed by atoms with van der Waals surface area (Å²) in [5.41, 5.74) is 3.72. The van der Waals surface area contributed by atoms with Gasteiger partial charge in [-0.05, 0) is 38.1 Å². The molecule has 0 aliphatic carbocycles. The Morgan fingerprint density at radius 3 is 1.95 bits per heavy atom. The zero-order valence-electron chi connectivity index (χ0n) is 13.5. The van der Waals surface area contributed by atoms with Gasteiger partial charge < -0.3 is 10.2 Å². The zero-order chi connectivity index (χ0) is 16.5. The number of rotatable bonds is 3. The molecule has 0 unspecified atom stereocenters. The Hall–Kier alpha value is -2.62. The first-order chi connectivity index (χ1) is 10.4. The molecule has 4 heteroatoms. The summed E-state index contributed by atoms with van der Waals surface area (Å²) in [6.07, 6.45) is 0.750. The SMILES string of the molecule is CN(C)C=O.Cc1cc(C)cc(C(=O)Nc2ccccc2)c1. The molecule has 2 aromatic rings. The number of anilines is 1. The van der Waals surface area contributed by atoms with Gasteiger partial charge >= 0.3 is 0 Å². The summed E-state index contributed by atoms with van der Waals surface area (Å²) < 4.78 is 0. The quantitative estimate of drug-likeness (QED) is 0.884. The predicted octanol–water partition coefficient (Wildman–Crippen LogP) is 3.26. The third-order valence-electron chi connectivity index (χ3n) is 2.73. The second-order valence-electron chi connectivity index (χ2n) is 5.27. The molecule has 0 spiro atoms. The molecule has 0 saturated carbocycles. The van der Waals surface area contributed by atoms with Gasteiger partial charge in [0.25, 0.3) is 5.91 Å². The highest BCUT2D eigenvalue weighted by atomic mass is 16.1. The fourth-order valence-corrected chi connectivity index (χ4v) is 1.83. The zero-order valence-corrected chi connectivity index (χ0v) is 13.5. The van der Waals surface area contributed by atoms with Gasteiger partial charge in [-0.15, -0.1) is 0 Å². The van der Waals surface area contributed by atoms with Crippen LogP contribution in [0.1, 0.15) is 21.5 Å².